The van der Waals surface area contributed by atoms with Gasteiger partial charge in [-0.15, -0.1) is 0 Å². The summed E-state index contributed by atoms with van der Waals surface area (Å²) in [5, 5.41) is 21.6. The minimum absolute atomic E-state index is 0.142. The summed E-state index contributed by atoms with van der Waals surface area (Å²) < 4.78 is 4.73. The van der Waals surface area contributed by atoms with E-state index >= 15 is 0 Å². The predicted molar refractivity (Wildman–Crippen MR) is 71.4 cm³/mol. The monoisotopic (exact) mass is 291 g/mol. The highest BCUT2D eigenvalue weighted by molar-refractivity contribution is 5.95. The molecule has 8 nitrogen and oxygen atoms in total. The van der Waals surface area contributed by atoms with Crippen LogP contribution in [-0.4, -0.2) is 30.0 Å². The number of nitrogens with zero attached hydrogens (tertiary/aromatic N) is 2. The van der Waals surface area contributed by atoms with E-state index in [1.54, 1.807) is 0 Å². The topological polar surface area (TPSA) is 122 Å². The number of amides is 1. The van der Waals surface area contributed by atoms with Crippen molar-refractivity contribution in [3.63, 3.8) is 0 Å². The first-order chi connectivity index (χ1) is 9.97. The van der Waals surface area contributed by atoms with Crippen LogP contribution in [0.1, 0.15) is 22.3 Å². The Bertz CT molecular complexity index is 606. The number of para-hydroxylation sites is 1. The number of carbonyl (C=O) groups excluding carboxylic acids is 2. The van der Waals surface area contributed by atoms with Crippen molar-refractivity contribution in [2.45, 2.75) is 13.3 Å². The molecular formula is C13H13N3O5. The summed E-state index contributed by atoms with van der Waals surface area (Å²) >= 11 is 0. The number of hydrogen-bond donors (Lipinski definition) is 1. The van der Waals surface area contributed by atoms with Gasteiger partial charge in [0.25, 0.3) is 11.6 Å². The number of aryl methyl sites for hydroxylation is 1. The number of nitrogens with one attached hydrogen (secondary N) is 1. The quantitative estimate of drug-likeness (QED) is 0.362. The lowest BCUT2D eigenvalue weighted by Crippen LogP contribution is -2.29. The molecular weight excluding hydrogens is 278 g/mol. The molecule has 21 heavy (non-hydrogen) atoms. The Morgan fingerprint density at radius 1 is 1.48 bits per heavy atom. The highest BCUT2D eigenvalue weighted by Crippen LogP contribution is 2.23. The summed E-state index contributed by atoms with van der Waals surface area (Å²) in [7, 11) is 0. The second-order valence-corrected chi connectivity index (χ2v) is 4.06. The van der Waals surface area contributed by atoms with Gasteiger partial charge < -0.3 is 10.1 Å². The average molecular weight is 291 g/mol. The maximum Gasteiger partial charge on any atom is 0.345 e. The van der Waals surface area contributed by atoms with Crippen LogP contribution < -0.4 is 5.32 Å². The molecule has 110 valence electrons. The van der Waals surface area contributed by atoms with Gasteiger partial charge in [-0.1, -0.05) is 12.1 Å². The predicted octanol–water partition coefficient (Wildman–Crippen LogP) is 1.09. The van der Waals surface area contributed by atoms with Gasteiger partial charge in [0.15, 0.2) is 6.61 Å². The number of nitriles is 1. The summed E-state index contributed by atoms with van der Waals surface area (Å²) in [4.78, 5) is 33.4. The molecule has 0 heterocycles. The zero-order valence-corrected chi connectivity index (χ0v) is 11.3. The SMILES string of the molecule is Cc1cccc(C(=O)OCC(=O)NCCC#N)c1[N+](=O)[O-]. The Kier molecular flexibility index (Phi) is 5.82. The third kappa shape index (κ3) is 4.58. The fourth-order valence-electron chi connectivity index (χ4n) is 1.58. The van der Waals surface area contributed by atoms with Gasteiger partial charge in [0, 0.05) is 12.1 Å². The second kappa shape index (κ2) is 7.59. The molecule has 1 amide bonds. The lowest BCUT2D eigenvalue weighted by atomic mass is 10.1. The van der Waals surface area contributed by atoms with Crippen LogP contribution in [0.15, 0.2) is 18.2 Å². The van der Waals surface area contributed by atoms with E-state index in [2.05, 4.69) is 5.32 Å². The van der Waals surface area contributed by atoms with Gasteiger partial charge in [-0.2, -0.15) is 5.26 Å². The van der Waals surface area contributed by atoms with Gasteiger partial charge in [-0.05, 0) is 13.0 Å². The fraction of sp³-hybridized carbons (Fsp3) is 0.308. The van der Waals surface area contributed by atoms with E-state index in [-0.39, 0.29) is 24.2 Å². The van der Waals surface area contributed by atoms with Crippen molar-refractivity contribution in [1.82, 2.24) is 5.32 Å². The van der Waals surface area contributed by atoms with Crippen molar-refractivity contribution in [3.8, 4) is 6.07 Å². The maximum absolute atomic E-state index is 11.8. The smallest absolute Gasteiger partial charge is 0.345 e. The number of carbonyl (C=O) groups is 2. The molecule has 8 heteroatoms. The Hall–Kier alpha value is -2.95. The van der Waals surface area contributed by atoms with Crippen LogP contribution in [0, 0.1) is 28.4 Å². The van der Waals surface area contributed by atoms with Crippen LogP contribution in [0.5, 0.6) is 0 Å². The Morgan fingerprint density at radius 2 is 2.19 bits per heavy atom. The Balaban J connectivity index is 2.69. The van der Waals surface area contributed by atoms with E-state index in [1.165, 1.54) is 25.1 Å². The lowest BCUT2D eigenvalue weighted by molar-refractivity contribution is -0.385. The highest BCUT2D eigenvalue weighted by atomic mass is 16.6. The van der Waals surface area contributed by atoms with Crippen molar-refractivity contribution in [1.29, 1.82) is 5.26 Å². The first-order valence-electron chi connectivity index (χ1n) is 6.02. The van der Waals surface area contributed by atoms with E-state index in [4.69, 9.17) is 10.00 Å². The third-order valence-corrected chi connectivity index (χ3v) is 2.53. The minimum atomic E-state index is -0.944. The Labute approximate surface area is 120 Å². The summed E-state index contributed by atoms with van der Waals surface area (Å²) in [6.45, 7) is 1.09. The average Bonchev–Trinajstić information content (AvgIpc) is 2.44. The zero-order valence-electron chi connectivity index (χ0n) is 11.3. The van der Waals surface area contributed by atoms with Crippen molar-refractivity contribution >= 4 is 17.6 Å². The molecule has 0 saturated carbocycles. The van der Waals surface area contributed by atoms with Crippen molar-refractivity contribution in [2.75, 3.05) is 13.2 Å². The molecule has 1 N–H and O–H groups in total. The number of esters is 1. The number of nitro groups is 1. The van der Waals surface area contributed by atoms with E-state index in [9.17, 15) is 19.7 Å². The first-order valence-corrected chi connectivity index (χ1v) is 6.02. The van der Waals surface area contributed by atoms with Gasteiger partial charge in [-0.25, -0.2) is 4.79 Å². The van der Waals surface area contributed by atoms with Gasteiger partial charge in [0.1, 0.15) is 5.56 Å². The molecule has 0 saturated heterocycles. The molecule has 0 aliphatic carbocycles. The standard InChI is InChI=1S/C13H13N3O5/c1-9-4-2-5-10(12(9)16(19)20)13(18)21-8-11(17)15-7-3-6-14/h2,4-5H,3,7-8H2,1H3,(H,15,17). The molecule has 1 aromatic rings. The van der Waals surface area contributed by atoms with E-state index < -0.39 is 23.4 Å². The van der Waals surface area contributed by atoms with Gasteiger partial charge >= 0.3 is 5.97 Å². The number of benzene rings is 1. The second-order valence-electron chi connectivity index (χ2n) is 4.06. The molecule has 0 fully saturated rings. The fourth-order valence-corrected chi connectivity index (χ4v) is 1.58. The van der Waals surface area contributed by atoms with Gasteiger partial charge in [0.05, 0.1) is 17.4 Å². The minimum Gasteiger partial charge on any atom is -0.452 e. The molecule has 0 radical (unpaired) electrons. The molecule has 0 bridgehead atoms. The van der Waals surface area contributed by atoms with Crippen molar-refractivity contribution in [2.24, 2.45) is 0 Å². The largest absolute Gasteiger partial charge is 0.452 e. The van der Waals surface area contributed by atoms with Crippen LogP contribution >= 0.6 is 0 Å². The van der Waals surface area contributed by atoms with Gasteiger partial charge in [0.2, 0.25) is 0 Å². The summed E-state index contributed by atoms with van der Waals surface area (Å²) in [6, 6.07) is 6.10. The van der Waals surface area contributed by atoms with Crippen LogP contribution in [0.4, 0.5) is 5.69 Å². The molecule has 0 aliphatic rings. The van der Waals surface area contributed by atoms with E-state index in [0.29, 0.717) is 5.56 Å². The molecule has 0 aliphatic heterocycles. The van der Waals surface area contributed by atoms with Crippen LogP contribution in [-0.2, 0) is 9.53 Å². The van der Waals surface area contributed by atoms with Crippen LogP contribution in [0.25, 0.3) is 0 Å². The molecule has 0 unspecified atom stereocenters. The van der Waals surface area contributed by atoms with E-state index in [0.717, 1.165) is 0 Å². The molecule has 1 aromatic carbocycles. The Morgan fingerprint density at radius 3 is 2.81 bits per heavy atom. The van der Waals surface area contributed by atoms with Crippen molar-refractivity contribution < 1.29 is 19.2 Å². The van der Waals surface area contributed by atoms with Crippen molar-refractivity contribution in [3.05, 3.63) is 39.4 Å². The summed E-state index contributed by atoms with van der Waals surface area (Å²) in [5.41, 5.74) is -0.217. The first kappa shape index (κ1) is 16.1. The lowest BCUT2D eigenvalue weighted by Gasteiger charge is -2.06. The highest BCUT2D eigenvalue weighted by Gasteiger charge is 2.23. The number of ether oxygens (including phenoxy) is 1. The molecule has 1 rings (SSSR count). The summed E-state index contributed by atoms with van der Waals surface area (Å²) in [5.74, 6) is -1.52. The third-order valence-electron chi connectivity index (χ3n) is 2.53. The number of hydrogen-bond acceptors (Lipinski definition) is 6. The summed E-state index contributed by atoms with van der Waals surface area (Å²) in [6.07, 6.45) is 0.142. The van der Waals surface area contributed by atoms with Crippen LogP contribution in [0.3, 0.4) is 0 Å². The van der Waals surface area contributed by atoms with E-state index in [1.807, 2.05) is 6.07 Å². The van der Waals surface area contributed by atoms with Crippen LogP contribution in [0.2, 0.25) is 0 Å². The zero-order chi connectivity index (χ0) is 15.8. The molecule has 0 aromatic heterocycles. The molecule has 0 spiro atoms. The normalized spacial score (nSPS) is 9.52. The number of nitro benzene ring substituents is 1. The number of rotatable bonds is 6. The van der Waals surface area contributed by atoms with Gasteiger partial charge in [-0.3, -0.25) is 14.9 Å². The molecule has 0 atom stereocenters. The maximum atomic E-state index is 11.8.